The second kappa shape index (κ2) is 7.06. The van der Waals surface area contributed by atoms with Crippen molar-refractivity contribution >= 4 is 11.8 Å². The van der Waals surface area contributed by atoms with Crippen molar-refractivity contribution in [3.8, 4) is 0 Å². The molecule has 2 amide bonds. The fourth-order valence-electron chi connectivity index (χ4n) is 3.20. The van der Waals surface area contributed by atoms with Crippen LogP contribution in [0.4, 0.5) is 13.2 Å². The summed E-state index contributed by atoms with van der Waals surface area (Å²) in [6, 6.07) is 7.85. The largest absolute Gasteiger partial charge is 0.406 e. The summed E-state index contributed by atoms with van der Waals surface area (Å²) < 4.78 is 37.3. The molecule has 1 aromatic carbocycles. The number of nitrogens with zero attached hydrogens (tertiary/aromatic N) is 1. The minimum absolute atomic E-state index is 0.174. The molecule has 1 fully saturated rings. The lowest BCUT2D eigenvalue weighted by Gasteiger charge is -2.28. The van der Waals surface area contributed by atoms with Gasteiger partial charge < -0.3 is 10.2 Å². The average molecular weight is 356 g/mol. The van der Waals surface area contributed by atoms with E-state index in [1.165, 1.54) is 0 Å². The van der Waals surface area contributed by atoms with Crippen LogP contribution in [-0.4, -0.2) is 42.5 Å². The highest BCUT2D eigenvalue weighted by molar-refractivity contribution is 5.89. The quantitative estimate of drug-likeness (QED) is 0.882. The first-order chi connectivity index (χ1) is 11.5. The zero-order valence-corrected chi connectivity index (χ0v) is 14.6. The van der Waals surface area contributed by atoms with Crippen molar-refractivity contribution in [1.29, 1.82) is 0 Å². The Morgan fingerprint density at radius 1 is 1.28 bits per heavy atom. The summed E-state index contributed by atoms with van der Waals surface area (Å²) in [6.07, 6.45) is -4.62. The summed E-state index contributed by atoms with van der Waals surface area (Å²) in [5, 5.41) is 2.80. The molecule has 1 aliphatic heterocycles. The van der Waals surface area contributed by atoms with Crippen LogP contribution in [0.2, 0.25) is 0 Å². The van der Waals surface area contributed by atoms with Gasteiger partial charge in [-0.2, -0.15) is 13.2 Å². The van der Waals surface area contributed by atoms with Gasteiger partial charge in [0.15, 0.2) is 0 Å². The van der Waals surface area contributed by atoms with E-state index in [1.807, 2.05) is 45.0 Å². The number of benzene rings is 1. The highest BCUT2D eigenvalue weighted by Crippen LogP contribution is 2.27. The zero-order valence-electron chi connectivity index (χ0n) is 14.6. The fourth-order valence-corrected chi connectivity index (χ4v) is 3.20. The van der Waals surface area contributed by atoms with E-state index in [0.29, 0.717) is 11.4 Å². The SMILES string of the molecule is Cc1ccccc1C(C)(C)CNC(=O)C1CC(=O)N(CC(F)(F)F)C1. The normalized spacial score (nSPS) is 18.6. The van der Waals surface area contributed by atoms with E-state index in [2.05, 4.69) is 5.32 Å². The number of nitrogens with one attached hydrogen (secondary N) is 1. The van der Waals surface area contributed by atoms with Crippen LogP contribution >= 0.6 is 0 Å². The van der Waals surface area contributed by atoms with Crippen molar-refractivity contribution in [3.05, 3.63) is 35.4 Å². The molecule has 2 rings (SSSR count). The maximum atomic E-state index is 12.4. The molecule has 0 bridgehead atoms. The van der Waals surface area contributed by atoms with Gasteiger partial charge in [0.25, 0.3) is 0 Å². The lowest BCUT2D eigenvalue weighted by Crippen LogP contribution is -2.41. The molecule has 1 aromatic rings. The van der Waals surface area contributed by atoms with Crippen molar-refractivity contribution in [2.75, 3.05) is 19.6 Å². The summed E-state index contributed by atoms with van der Waals surface area (Å²) in [4.78, 5) is 24.7. The molecular formula is C18H23F3N2O2. The molecule has 25 heavy (non-hydrogen) atoms. The third kappa shape index (κ3) is 4.96. The molecular weight excluding hydrogens is 333 g/mol. The molecule has 1 unspecified atom stereocenters. The monoisotopic (exact) mass is 356 g/mol. The van der Waals surface area contributed by atoms with Crippen LogP contribution in [0, 0.1) is 12.8 Å². The van der Waals surface area contributed by atoms with Crippen LogP contribution in [0.3, 0.4) is 0 Å². The van der Waals surface area contributed by atoms with Gasteiger partial charge in [-0.3, -0.25) is 9.59 Å². The van der Waals surface area contributed by atoms with Crippen LogP contribution in [0.5, 0.6) is 0 Å². The van der Waals surface area contributed by atoms with Gasteiger partial charge in [-0.15, -0.1) is 0 Å². The molecule has 1 atom stereocenters. The van der Waals surface area contributed by atoms with Crippen molar-refractivity contribution in [3.63, 3.8) is 0 Å². The van der Waals surface area contributed by atoms with Gasteiger partial charge in [-0.05, 0) is 18.1 Å². The first-order valence-corrected chi connectivity index (χ1v) is 8.18. The number of amides is 2. The Hall–Kier alpha value is -2.05. The van der Waals surface area contributed by atoms with Gasteiger partial charge in [-0.25, -0.2) is 0 Å². The maximum Gasteiger partial charge on any atom is 0.406 e. The number of likely N-dealkylation sites (tertiary alicyclic amines) is 1. The lowest BCUT2D eigenvalue weighted by molar-refractivity contribution is -0.157. The molecule has 0 radical (unpaired) electrons. The first-order valence-electron chi connectivity index (χ1n) is 8.18. The summed E-state index contributed by atoms with van der Waals surface area (Å²) >= 11 is 0. The van der Waals surface area contributed by atoms with Crippen LogP contribution in [0.1, 0.15) is 31.4 Å². The van der Waals surface area contributed by atoms with E-state index in [1.54, 1.807) is 0 Å². The van der Waals surface area contributed by atoms with Gasteiger partial charge >= 0.3 is 6.18 Å². The number of aryl methyl sites for hydroxylation is 1. The van der Waals surface area contributed by atoms with Crippen molar-refractivity contribution in [2.24, 2.45) is 5.92 Å². The lowest BCUT2D eigenvalue weighted by atomic mass is 9.82. The standard InChI is InChI=1S/C18H23F3N2O2/c1-12-6-4-5-7-14(12)17(2,3)10-22-16(25)13-8-15(24)23(9-13)11-18(19,20)21/h4-7,13H,8-11H2,1-3H3,(H,22,25). The molecule has 1 heterocycles. The predicted octanol–water partition coefficient (Wildman–Crippen LogP) is 2.80. The Morgan fingerprint density at radius 3 is 2.52 bits per heavy atom. The fraction of sp³-hybridized carbons (Fsp3) is 0.556. The average Bonchev–Trinajstić information content (AvgIpc) is 2.84. The first kappa shape index (κ1) is 19.3. The number of hydrogen-bond donors (Lipinski definition) is 1. The van der Waals surface area contributed by atoms with E-state index >= 15 is 0 Å². The zero-order chi connectivity index (χ0) is 18.8. The molecule has 0 aliphatic carbocycles. The molecule has 1 N–H and O–H groups in total. The van der Waals surface area contributed by atoms with Crippen LogP contribution in [0.15, 0.2) is 24.3 Å². The maximum absolute atomic E-state index is 12.4. The number of alkyl halides is 3. The van der Waals surface area contributed by atoms with Crippen LogP contribution in [-0.2, 0) is 15.0 Å². The minimum atomic E-state index is -4.45. The van der Waals surface area contributed by atoms with Gasteiger partial charge in [0, 0.05) is 24.9 Å². The van der Waals surface area contributed by atoms with E-state index < -0.39 is 24.5 Å². The number of rotatable bonds is 5. The van der Waals surface area contributed by atoms with Gasteiger partial charge in [-0.1, -0.05) is 38.1 Å². The van der Waals surface area contributed by atoms with Gasteiger partial charge in [0.05, 0.1) is 5.92 Å². The summed E-state index contributed by atoms with van der Waals surface area (Å²) in [6.45, 7) is 4.83. The third-order valence-electron chi connectivity index (χ3n) is 4.53. The number of carbonyl (C=O) groups excluding carboxylic acids is 2. The van der Waals surface area contributed by atoms with Gasteiger partial charge in [0.1, 0.15) is 6.54 Å². The second-order valence-corrected chi connectivity index (χ2v) is 7.21. The van der Waals surface area contributed by atoms with Gasteiger partial charge in [0.2, 0.25) is 11.8 Å². The Kier molecular flexibility index (Phi) is 5.44. The highest BCUT2D eigenvalue weighted by Gasteiger charge is 2.40. The summed E-state index contributed by atoms with van der Waals surface area (Å²) in [7, 11) is 0. The second-order valence-electron chi connectivity index (χ2n) is 7.21. The molecule has 0 aromatic heterocycles. The topological polar surface area (TPSA) is 49.4 Å². The minimum Gasteiger partial charge on any atom is -0.355 e. The molecule has 0 spiro atoms. The number of carbonyl (C=O) groups is 2. The van der Waals surface area contributed by atoms with E-state index in [4.69, 9.17) is 0 Å². The highest BCUT2D eigenvalue weighted by atomic mass is 19.4. The predicted molar refractivity (Wildman–Crippen MR) is 88.0 cm³/mol. The Labute approximate surface area is 145 Å². The molecule has 138 valence electrons. The van der Waals surface area contributed by atoms with E-state index in [-0.39, 0.29) is 24.3 Å². The third-order valence-corrected chi connectivity index (χ3v) is 4.53. The molecule has 4 nitrogen and oxygen atoms in total. The van der Waals surface area contributed by atoms with E-state index in [9.17, 15) is 22.8 Å². The van der Waals surface area contributed by atoms with Crippen molar-refractivity contribution in [2.45, 2.75) is 38.8 Å². The smallest absolute Gasteiger partial charge is 0.355 e. The summed E-state index contributed by atoms with van der Waals surface area (Å²) in [5.41, 5.74) is 1.88. The molecule has 7 heteroatoms. The van der Waals surface area contributed by atoms with Crippen molar-refractivity contribution < 1.29 is 22.8 Å². The Morgan fingerprint density at radius 2 is 1.92 bits per heavy atom. The Balaban J connectivity index is 1.95. The molecule has 1 saturated heterocycles. The molecule has 0 saturated carbocycles. The Bertz CT molecular complexity index is 656. The van der Waals surface area contributed by atoms with Crippen molar-refractivity contribution in [1.82, 2.24) is 10.2 Å². The van der Waals surface area contributed by atoms with E-state index in [0.717, 1.165) is 11.1 Å². The van der Waals surface area contributed by atoms with Crippen LogP contribution in [0.25, 0.3) is 0 Å². The number of halogens is 3. The molecule has 1 aliphatic rings. The number of hydrogen-bond acceptors (Lipinski definition) is 2. The van der Waals surface area contributed by atoms with Crippen LogP contribution < -0.4 is 5.32 Å². The summed E-state index contributed by atoms with van der Waals surface area (Å²) in [5.74, 6) is -1.74.